The van der Waals surface area contributed by atoms with E-state index in [2.05, 4.69) is 217 Å². The lowest BCUT2D eigenvalue weighted by Gasteiger charge is -2.23. The Kier molecular flexibility index (Phi) is 8.22. The van der Waals surface area contributed by atoms with Gasteiger partial charge in [0, 0.05) is 54.8 Å². The second-order valence-corrected chi connectivity index (χ2v) is 17.7. The van der Waals surface area contributed by atoms with Gasteiger partial charge >= 0.3 is 0 Å². The first-order valence-corrected chi connectivity index (χ1v) is 22.4. The van der Waals surface area contributed by atoms with E-state index in [9.17, 15) is 0 Å². The summed E-state index contributed by atoms with van der Waals surface area (Å²) in [5, 5.41) is 5.01. The maximum Gasteiger partial charge on any atom is 0.160 e. The minimum atomic E-state index is -0.198. The highest BCUT2D eigenvalue weighted by atomic mass is 15.0. The summed E-state index contributed by atoms with van der Waals surface area (Å²) in [6.07, 6.45) is 0. The Morgan fingerprint density at radius 2 is 0.862 bits per heavy atom. The van der Waals surface area contributed by atoms with Gasteiger partial charge in [-0.1, -0.05) is 190 Å². The topological polar surface area (TPSA) is 35.6 Å². The van der Waals surface area contributed by atoms with Crippen molar-refractivity contribution in [2.75, 3.05) is 0 Å². The molecule has 12 aromatic rings. The highest BCUT2D eigenvalue weighted by molar-refractivity contribution is 6.15. The van der Waals surface area contributed by atoms with Gasteiger partial charge in [-0.05, 0) is 64.7 Å². The molecule has 1 aliphatic rings. The zero-order valence-electron chi connectivity index (χ0n) is 36.1. The number of hydrogen-bond donors (Lipinski definition) is 0. The van der Waals surface area contributed by atoms with E-state index < -0.39 is 0 Å². The van der Waals surface area contributed by atoms with Crippen molar-refractivity contribution in [3.8, 4) is 67.5 Å². The van der Waals surface area contributed by atoms with Gasteiger partial charge in [-0.15, -0.1) is 0 Å². The van der Waals surface area contributed by atoms with E-state index in [0.717, 1.165) is 56.1 Å². The number of benzene rings is 9. The van der Waals surface area contributed by atoms with E-state index in [1.54, 1.807) is 0 Å². The third-order valence-corrected chi connectivity index (χ3v) is 13.7. The van der Waals surface area contributed by atoms with Crippen LogP contribution in [0.2, 0.25) is 0 Å². The molecular formula is C61H42N4. The summed E-state index contributed by atoms with van der Waals surface area (Å²) in [4.78, 5) is 10.5. The van der Waals surface area contributed by atoms with Crippen molar-refractivity contribution in [3.05, 3.63) is 230 Å². The maximum absolute atomic E-state index is 5.34. The fourth-order valence-electron chi connectivity index (χ4n) is 10.8. The minimum absolute atomic E-state index is 0.198. The van der Waals surface area contributed by atoms with Gasteiger partial charge < -0.3 is 9.13 Å². The highest BCUT2D eigenvalue weighted by Gasteiger charge is 2.38. The number of nitrogens with zero attached hydrogens (tertiary/aromatic N) is 4. The summed E-state index contributed by atoms with van der Waals surface area (Å²) in [6.45, 7) is 4.78. The van der Waals surface area contributed by atoms with Gasteiger partial charge in [0.25, 0.3) is 0 Å². The third kappa shape index (κ3) is 5.63. The van der Waals surface area contributed by atoms with Crippen LogP contribution in [0.4, 0.5) is 0 Å². The number of hydrogen-bond acceptors (Lipinski definition) is 2. The lowest BCUT2D eigenvalue weighted by Crippen LogP contribution is -2.15. The van der Waals surface area contributed by atoms with Crippen LogP contribution in [-0.2, 0) is 5.41 Å². The maximum atomic E-state index is 5.34. The van der Waals surface area contributed by atoms with Crippen molar-refractivity contribution >= 4 is 43.6 Å². The second kappa shape index (κ2) is 14.3. The Bertz CT molecular complexity index is 3740. The van der Waals surface area contributed by atoms with E-state index in [1.165, 1.54) is 60.3 Å². The predicted octanol–water partition coefficient (Wildman–Crippen LogP) is 15.6. The summed E-state index contributed by atoms with van der Waals surface area (Å²) in [5.41, 5.74) is 19.1. The Hall–Kier alpha value is -8.34. The lowest BCUT2D eigenvalue weighted by atomic mass is 9.80. The zero-order chi connectivity index (χ0) is 43.2. The van der Waals surface area contributed by atoms with Crippen molar-refractivity contribution in [3.63, 3.8) is 0 Å². The van der Waals surface area contributed by atoms with Crippen LogP contribution in [-0.4, -0.2) is 19.1 Å². The molecule has 65 heavy (non-hydrogen) atoms. The Morgan fingerprint density at radius 3 is 1.57 bits per heavy atom. The van der Waals surface area contributed by atoms with Crippen LogP contribution in [0, 0.1) is 0 Å². The van der Waals surface area contributed by atoms with Crippen molar-refractivity contribution in [1.29, 1.82) is 0 Å². The van der Waals surface area contributed by atoms with Gasteiger partial charge in [-0.2, -0.15) is 0 Å². The zero-order valence-corrected chi connectivity index (χ0v) is 36.1. The first-order valence-electron chi connectivity index (χ1n) is 22.4. The molecule has 4 heteroatoms. The normalized spacial score (nSPS) is 12.9. The van der Waals surface area contributed by atoms with Gasteiger partial charge in [0.15, 0.2) is 5.82 Å². The average Bonchev–Trinajstić information content (AvgIpc) is 3.97. The quantitative estimate of drug-likeness (QED) is 0.167. The third-order valence-electron chi connectivity index (χ3n) is 13.7. The summed E-state index contributed by atoms with van der Waals surface area (Å²) >= 11 is 0. The van der Waals surface area contributed by atoms with E-state index in [0.29, 0.717) is 5.82 Å². The molecule has 0 amide bonds. The molecule has 3 aromatic heterocycles. The number of fused-ring (bicyclic) bond motifs is 10. The molecule has 13 rings (SSSR count). The largest absolute Gasteiger partial charge is 0.309 e. The van der Waals surface area contributed by atoms with Crippen LogP contribution >= 0.6 is 0 Å². The summed E-state index contributed by atoms with van der Waals surface area (Å²) in [7, 11) is 0. The van der Waals surface area contributed by atoms with E-state index in [1.807, 2.05) is 24.3 Å². The van der Waals surface area contributed by atoms with Crippen LogP contribution in [0.5, 0.6) is 0 Å². The number of rotatable bonds is 6. The molecule has 3 heterocycles. The van der Waals surface area contributed by atoms with Gasteiger partial charge in [0.05, 0.1) is 44.8 Å². The smallest absolute Gasteiger partial charge is 0.160 e. The van der Waals surface area contributed by atoms with Crippen molar-refractivity contribution in [2.45, 2.75) is 19.3 Å². The number of para-hydroxylation sites is 4. The van der Waals surface area contributed by atoms with Gasteiger partial charge in [0.2, 0.25) is 0 Å². The Balaban J connectivity index is 1.13. The second-order valence-electron chi connectivity index (χ2n) is 17.7. The van der Waals surface area contributed by atoms with Crippen molar-refractivity contribution in [1.82, 2.24) is 19.1 Å². The molecule has 4 nitrogen and oxygen atoms in total. The predicted molar refractivity (Wildman–Crippen MR) is 270 cm³/mol. The molecule has 0 aliphatic heterocycles. The number of aromatic nitrogens is 4. The molecule has 0 bridgehead atoms. The molecule has 306 valence electrons. The molecule has 0 saturated carbocycles. The molecular weight excluding hydrogens is 789 g/mol. The SMILES string of the molecule is CC1(C)c2ccccc2-c2ccc3c(c21)c1ccccc1n3-c1cc(-c2cc(-c3ccccc3)nc(-c3ccccc3)n2)ccc1-c1ccccc1-n1c2ccccc2c2ccccc21. The summed E-state index contributed by atoms with van der Waals surface area (Å²) in [6, 6.07) is 78.9. The van der Waals surface area contributed by atoms with Crippen molar-refractivity contribution < 1.29 is 0 Å². The molecule has 0 spiro atoms. The van der Waals surface area contributed by atoms with Crippen LogP contribution in [0.25, 0.3) is 111 Å². The summed E-state index contributed by atoms with van der Waals surface area (Å²) in [5.74, 6) is 0.693. The van der Waals surface area contributed by atoms with Crippen LogP contribution in [0.1, 0.15) is 25.0 Å². The van der Waals surface area contributed by atoms with Crippen molar-refractivity contribution in [2.24, 2.45) is 0 Å². The molecule has 0 fully saturated rings. The molecule has 9 aromatic carbocycles. The van der Waals surface area contributed by atoms with Crippen LogP contribution in [0.3, 0.4) is 0 Å². The molecule has 0 saturated heterocycles. The van der Waals surface area contributed by atoms with Crippen LogP contribution in [0.15, 0.2) is 218 Å². The van der Waals surface area contributed by atoms with Gasteiger partial charge in [0.1, 0.15) is 0 Å². The first kappa shape index (κ1) is 37.2. The van der Waals surface area contributed by atoms with Crippen LogP contribution < -0.4 is 0 Å². The summed E-state index contributed by atoms with van der Waals surface area (Å²) < 4.78 is 4.96. The fourth-order valence-corrected chi connectivity index (χ4v) is 10.8. The molecule has 1 aliphatic carbocycles. The lowest BCUT2D eigenvalue weighted by molar-refractivity contribution is 0.666. The van der Waals surface area contributed by atoms with E-state index in [-0.39, 0.29) is 5.41 Å². The fraction of sp³-hybridized carbons (Fsp3) is 0.0492. The van der Waals surface area contributed by atoms with E-state index in [4.69, 9.17) is 9.97 Å². The molecule has 0 atom stereocenters. The standard InChI is InChI=1S/C61H42N4/c1-61(2)49-28-14-9-23-42(49)47-35-36-56-58(59(47)61)48-27-13-18-32-55(48)65(56)57-37-41(51-38-50(39-19-5-3-6-20-39)62-60(63-51)40-21-7-4-8-22-40)33-34-46(57)45-26-12-17-31-54(45)64-52-29-15-10-24-43(52)44-25-11-16-30-53(44)64/h3-38H,1-2H3. The first-order chi connectivity index (χ1) is 32.0. The highest BCUT2D eigenvalue weighted by Crippen LogP contribution is 2.54. The average molecular weight is 831 g/mol. The Morgan fingerprint density at radius 1 is 0.354 bits per heavy atom. The monoisotopic (exact) mass is 830 g/mol. The minimum Gasteiger partial charge on any atom is -0.309 e. The van der Waals surface area contributed by atoms with Gasteiger partial charge in [-0.3, -0.25) is 0 Å². The molecule has 0 N–H and O–H groups in total. The van der Waals surface area contributed by atoms with Gasteiger partial charge in [-0.25, -0.2) is 9.97 Å². The molecule has 0 radical (unpaired) electrons. The molecule has 0 unspecified atom stereocenters. The Labute approximate surface area is 377 Å². The van der Waals surface area contributed by atoms with E-state index >= 15 is 0 Å².